The van der Waals surface area contributed by atoms with Gasteiger partial charge in [-0.05, 0) is 30.0 Å². The summed E-state index contributed by atoms with van der Waals surface area (Å²) in [5, 5.41) is 22.4. The number of thiophene rings is 1. The largest absolute Gasteiger partial charge is 0.507 e. The third-order valence-corrected chi connectivity index (χ3v) is 5.13. The Hall–Kier alpha value is -2.27. The second kappa shape index (κ2) is 4.88. The van der Waals surface area contributed by atoms with Gasteiger partial charge < -0.3 is 14.9 Å². The van der Waals surface area contributed by atoms with Gasteiger partial charge in [-0.1, -0.05) is 6.07 Å². The molecular formula is C17H14O4S. The molecule has 2 N–H and O–H groups in total. The molecular weight excluding hydrogens is 300 g/mol. The topological polar surface area (TPSA) is 66.8 Å². The molecule has 22 heavy (non-hydrogen) atoms. The van der Waals surface area contributed by atoms with Crippen molar-refractivity contribution < 1.29 is 19.7 Å². The first-order chi connectivity index (χ1) is 10.7. The van der Waals surface area contributed by atoms with Crippen LogP contribution in [0.4, 0.5) is 0 Å². The Labute approximate surface area is 131 Å². The van der Waals surface area contributed by atoms with Crippen molar-refractivity contribution in [3.63, 3.8) is 0 Å². The molecule has 2 aliphatic rings. The lowest BCUT2D eigenvalue weighted by molar-refractivity contribution is -0.116. The minimum Gasteiger partial charge on any atom is -0.507 e. The van der Waals surface area contributed by atoms with Gasteiger partial charge >= 0.3 is 0 Å². The Morgan fingerprint density at radius 1 is 1.14 bits per heavy atom. The summed E-state index contributed by atoms with van der Waals surface area (Å²) in [5.41, 5.74) is 1.11. The van der Waals surface area contributed by atoms with Crippen molar-refractivity contribution >= 4 is 17.1 Å². The quantitative estimate of drug-likeness (QED) is 0.788. The highest BCUT2D eigenvalue weighted by Gasteiger charge is 2.39. The van der Waals surface area contributed by atoms with E-state index in [0.717, 1.165) is 11.3 Å². The molecule has 1 aliphatic heterocycles. The van der Waals surface area contributed by atoms with Crippen molar-refractivity contribution in [3.8, 4) is 17.2 Å². The highest BCUT2D eigenvalue weighted by Crippen LogP contribution is 2.53. The van der Waals surface area contributed by atoms with E-state index < -0.39 is 0 Å². The molecule has 1 atom stereocenters. The number of aromatic hydroxyl groups is 2. The van der Waals surface area contributed by atoms with Crippen LogP contribution in [0.25, 0.3) is 0 Å². The van der Waals surface area contributed by atoms with E-state index in [2.05, 4.69) is 0 Å². The van der Waals surface area contributed by atoms with E-state index in [-0.39, 0.29) is 28.9 Å². The molecule has 4 nitrogen and oxygen atoms in total. The first-order valence-electron chi connectivity index (χ1n) is 7.19. The van der Waals surface area contributed by atoms with Crippen molar-refractivity contribution in [2.45, 2.75) is 25.2 Å². The van der Waals surface area contributed by atoms with Crippen molar-refractivity contribution in [1.29, 1.82) is 0 Å². The molecule has 0 spiro atoms. The predicted octanol–water partition coefficient (Wildman–Crippen LogP) is 3.69. The van der Waals surface area contributed by atoms with Gasteiger partial charge in [0.25, 0.3) is 0 Å². The highest BCUT2D eigenvalue weighted by atomic mass is 32.1. The molecule has 0 radical (unpaired) electrons. The molecule has 0 amide bonds. The second-order valence-corrected chi connectivity index (χ2v) is 6.49. The molecule has 4 rings (SSSR count). The maximum absolute atomic E-state index is 12.5. The van der Waals surface area contributed by atoms with E-state index in [1.54, 1.807) is 0 Å². The molecule has 5 heteroatoms. The SMILES string of the molecule is O=C1CCCC2=C1C(c1cccs1)c1c(O)ccc(O)c1O2. The summed E-state index contributed by atoms with van der Waals surface area (Å²) in [7, 11) is 0. The van der Waals surface area contributed by atoms with Crippen LogP contribution < -0.4 is 4.74 Å². The van der Waals surface area contributed by atoms with E-state index in [4.69, 9.17) is 4.74 Å². The van der Waals surface area contributed by atoms with Crippen LogP contribution in [-0.2, 0) is 4.79 Å². The van der Waals surface area contributed by atoms with E-state index in [0.29, 0.717) is 29.7 Å². The fourth-order valence-electron chi connectivity index (χ4n) is 3.23. The lowest BCUT2D eigenvalue weighted by atomic mass is 9.79. The number of allylic oxidation sites excluding steroid dienone is 2. The third-order valence-electron chi connectivity index (χ3n) is 4.19. The maximum Gasteiger partial charge on any atom is 0.176 e. The van der Waals surface area contributed by atoms with E-state index >= 15 is 0 Å². The van der Waals surface area contributed by atoms with Crippen LogP contribution in [0.5, 0.6) is 17.2 Å². The first-order valence-corrected chi connectivity index (χ1v) is 8.07. The summed E-state index contributed by atoms with van der Waals surface area (Å²) < 4.78 is 5.80. The Balaban J connectivity index is 2.01. The number of Topliss-reactive ketones (excluding diaryl/α,β-unsaturated/α-hetero) is 1. The highest BCUT2D eigenvalue weighted by molar-refractivity contribution is 7.10. The number of rotatable bonds is 1. The van der Waals surface area contributed by atoms with Gasteiger partial charge in [0.2, 0.25) is 0 Å². The van der Waals surface area contributed by atoms with Crippen LogP contribution in [0.3, 0.4) is 0 Å². The number of benzene rings is 1. The molecule has 2 aromatic rings. The first kappa shape index (κ1) is 13.4. The molecule has 1 aromatic carbocycles. The van der Waals surface area contributed by atoms with E-state index in [1.807, 2.05) is 17.5 Å². The van der Waals surface area contributed by atoms with Gasteiger partial charge in [0.05, 0.1) is 11.5 Å². The van der Waals surface area contributed by atoms with Crippen LogP contribution >= 0.6 is 11.3 Å². The van der Waals surface area contributed by atoms with Crippen LogP contribution in [0.1, 0.15) is 35.6 Å². The zero-order chi connectivity index (χ0) is 15.3. The average molecular weight is 314 g/mol. The zero-order valence-corrected chi connectivity index (χ0v) is 12.5. The van der Waals surface area contributed by atoms with Gasteiger partial charge in [0, 0.05) is 23.3 Å². The van der Waals surface area contributed by atoms with Crippen molar-refractivity contribution in [2.75, 3.05) is 0 Å². The smallest absolute Gasteiger partial charge is 0.176 e. The standard InChI is InChI=1S/C17H14O4S/c18-9-3-1-4-12-14(9)16(13-5-2-8-22-13)15-10(19)6-7-11(20)17(15)21-12/h2,5-8,16,19-20H,1,3-4H2. The van der Waals surface area contributed by atoms with Gasteiger partial charge in [0.1, 0.15) is 11.5 Å². The molecule has 112 valence electrons. The van der Waals surface area contributed by atoms with Crippen molar-refractivity contribution in [2.24, 2.45) is 0 Å². The minimum atomic E-state index is -0.362. The zero-order valence-electron chi connectivity index (χ0n) is 11.7. The molecule has 1 unspecified atom stereocenters. The number of phenolic OH excluding ortho intramolecular Hbond substituents is 2. The summed E-state index contributed by atoms with van der Waals surface area (Å²) in [6.07, 6.45) is 1.93. The second-order valence-electron chi connectivity index (χ2n) is 5.51. The third kappa shape index (κ3) is 1.85. The summed E-state index contributed by atoms with van der Waals surface area (Å²) in [5.74, 6) is 0.622. The number of ether oxygens (including phenoxy) is 1. The number of hydrogen-bond donors (Lipinski definition) is 2. The van der Waals surface area contributed by atoms with Crippen LogP contribution in [-0.4, -0.2) is 16.0 Å². The Morgan fingerprint density at radius 3 is 2.73 bits per heavy atom. The summed E-state index contributed by atoms with van der Waals surface area (Å²) in [6.45, 7) is 0. The van der Waals surface area contributed by atoms with Gasteiger partial charge in [-0.3, -0.25) is 4.79 Å². The number of carbonyl (C=O) groups excluding carboxylic acids is 1. The average Bonchev–Trinajstić information content (AvgIpc) is 3.04. The lowest BCUT2D eigenvalue weighted by Gasteiger charge is -2.32. The minimum absolute atomic E-state index is 0.0149. The Morgan fingerprint density at radius 2 is 1.95 bits per heavy atom. The van der Waals surface area contributed by atoms with Crippen molar-refractivity contribution in [1.82, 2.24) is 0 Å². The van der Waals surface area contributed by atoms with E-state index in [1.165, 1.54) is 23.5 Å². The fourth-order valence-corrected chi connectivity index (χ4v) is 4.08. The molecule has 2 heterocycles. The number of hydrogen-bond acceptors (Lipinski definition) is 5. The van der Waals surface area contributed by atoms with Crippen LogP contribution in [0, 0.1) is 0 Å². The monoisotopic (exact) mass is 314 g/mol. The van der Waals surface area contributed by atoms with Crippen molar-refractivity contribution in [3.05, 3.63) is 51.4 Å². The summed E-state index contributed by atoms with van der Waals surface area (Å²) >= 11 is 1.53. The number of phenols is 2. The molecule has 1 aromatic heterocycles. The Bertz CT molecular complexity index is 789. The molecule has 1 aliphatic carbocycles. The van der Waals surface area contributed by atoms with Crippen LogP contribution in [0.2, 0.25) is 0 Å². The summed E-state index contributed by atoms with van der Waals surface area (Å²) in [6, 6.07) is 6.72. The fraction of sp³-hybridized carbons (Fsp3) is 0.235. The van der Waals surface area contributed by atoms with Crippen LogP contribution in [0.15, 0.2) is 41.0 Å². The predicted molar refractivity (Wildman–Crippen MR) is 82.4 cm³/mol. The van der Waals surface area contributed by atoms with Gasteiger partial charge in [-0.2, -0.15) is 0 Å². The normalized spacial score (nSPS) is 20.4. The number of carbonyl (C=O) groups is 1. The molecule has 0 bridgehead atoms. The maximum atomic E-state index is 12.5. The van der Waals surface area contributed by atoms with Gasteiger partial charge in [0.15, 0.2) is 17.3 Å². The number of ketones is 1. The molecule has 0 saturated heterocycles. The summed E-state index contributed by atoms with van der Waals surface area (Å²) in [4.78, 5) is 13.4. The molecule has 0 saturated carbocycles. The van der Waals surface area contributed by atoms with E-state index in [9.17, 15) is 15.0 Å². The number of fused-ring (bicyclic) bond motifs is 1. The van der Waals surface area contributed by atoms with Gasteiger partial charge in [-0.25, -0.2) is 0 Å². The Kier molecular flexibility index (Phi) is 2.97. The molecule has 0 fully saturated rings. The van der Waals surface area contributed by atoms with Gasteiger partial charge in [-0.15, -0.1) is 11.3 Å². The lowest BCUT2D eigenvalue weighted by Crippen LogP contribution is -2.25.